The second kappa shape index (κ2) is 8.05. The molecule has 0 spiro atoms. The van der Waals surface area contributed by atoms with Crippen LogP contribution in [0.4, 0.5) is 0 Å². The Kier molecular flexibility index (Phi) is 6.71. The molecule has 0 aliphatic heterocycles. The van der Waals surface area contributed by atoms with E-state index in [2.05, 4.69) is 37.4 Å². The molecule has 3 unspecified atom stereocenters. The van der Waals surface area contributed by atoms with Crippen LogP contribution in [0.3, 0.4) is 0 Å². The van der Waals surface area contributed by atoms with Crippen molar-refractivity contribution in [1.82, 2.24) is 5.32 Å². The van der Waals surface area contributed by atoms with E-state index in [-0.39, 0.29) is 6.10 Å². The van der Waals surface area contributed by atoms with E-state index in [9.17, 15) is 5.26 Å². The van der Waals surface area contributed by atoms with Gasteiger partial charge in [-0.1, -0.05) is 32.9 Å². The van der Waals surface area contributed by atoms with Gasteiger partial charge in [-0.2, -0.15) is 5.26 Å². The largest absolute Gasteiger partial charge is 0.491 e. The van der Waals surface area contributed by atoms with Crippen LogP contribution in [0, 0.1) is 11.3 Å². The summed E-state index contributed by atoms with van der Waals surface area (Å²) in [5.41, 5.74) is 0.803. The number of hydrogen-bond acceptors (Lipinski definition) is 3. The fourth-order valence-corrected chi connectivity index (χ4v) is 2.51. The van der Waals surface area contributed by atoms with Crippen LogP contribution in [0.2, 0.25) is 0 Å². The van der Waals surface area contributed by atoms with Gasteiger partial charge in [0.15, 0.2) is 0 Å². The van der Waals surface area contributed by atoms with E-state index in [0.717, 1.165) is 18.7 Å². The van der Waals surface area contributed by atoms with Crippen molar-refractivity contribution in [2.24, 2.45) is 0 Å². The van der Waals surface area contributed by atoms with Gasteiger partial charge in [0.05, 0.1) is 12.2 Å². The smallest absolute Gasteiger partial charge is 0.119 e. The van der Waals surface area contributed by atoms with Crippen LogP contribution in [-0.2, 0) is 0 Å². The average Bonchev–Trinajstić information content (AvgIpc) is 2.47. The Morgan fingerprint density at radius 3 is 2.33 bits per heavy atom. The summed E-state index contributed by atoms with van der Waals surface area (Å²) in [5, 5.41) is 12.5. The summed E-state index contributed by atoms with van der Waals surface area (Å²) in [7, 11) is 0. The van der Waals surface area contributed by atoms with E-state index in [1.54, 1.807) is 0 Å². The van der Waals surface area contributed by atoms with E-state index in [1.807, 2.05) is 32.9 Å². The zero-order chi connectivity index (χ0) is 15.9. The highest BCUT2D eigenvalue weighted by Crippen LogP contribution is 2.23. The molecule has 0 bridgehead atoms. The molecule has 3 nitrogen and oxygen atoms in total. The summed E-state index contributed by atoms with van der Waals surface area (Å²) in [4.78, 5) is 0. The molecular formula is C18H28N2O. The van der Waals surface area contributed by atoms with Gasteiger partial charge in [0.1, 0.15) is 11.3 Å². The van der Waals surface area contributed by atoms with E-state index in [0.29, 0.717) is 12.3 Å². The van der Waals surface area contributed by atoms with Gasteiger partial charge >= 0.3 is 0 Å². The Hall–Kier alpha value is -1.53. The minimum atomic E-state index is -0.537. The summed E-state index contributed by atoms with van der Waals surface area (Å²) >= 11 is 0. The molecule has 1 N–H and O–H groups in total. The van der Waals surface area contributed by atoms with Gasteiger partial charge < -0.3 is 4.74 Å². The van der Waals surface area contributed by atoms with Gasteiger partial charge in [0.2, 0.25) is 0 Å². The molecule has 0 aliphatic rings. The Bertz CT molecular complexity index is 463. The first-order valence-corrected chi connectivity index (χ1v) is 7.87. The fourth-order valence-electron chi connectivity index (χ4n) is 2.51. The number of hydrogen-bond donors (Lipinski definition) is 1. The molecular weight excluding hydrogens is 260 g/mol. The SMILES string of the molecule is CCNC(C)(C#N)CC(C)Oc1ccc(C(C)CC)cc1. The normalized spacial score (nSPS) is 16.6. The summed E-state index contributed by atoms with van der Waals surface area (Å²) in [6, 6.07) is 10.6. The summed E-state index contributed by atoms with van der Waals surface area (Å²) in [6.07, 6.45) is 1.78. The van der Waals surface area contributed by atoms with Gasteiger partial charge in [0, 0.05) is 6.42 Å². The zero-order valence-corrected chi connectivity index (χ0v) is 13.9. The highest BCUT2D eigenvalue weighted by atomic mass is 16.5. The molecule has 0 radical (unpaired) electrons. The van der Waals surface area contributed by atoms with Crippen molar-refractivity contribution in [1.29, 1.82) is 5.26 Å². The lowest BCUT2D eigenvalue weighted by Gasteiger charge is -2.26. The predicted octanol–water partition coefficient (Wildman–Crippen LogP) is 4.25. The van der Waals surface area contributed by atoms with Gasteiger partial charge in [-0.3, -0.25) is 5.32 Å². The topological polar surface area (TPSA) is 45.0 Å². The third-order valence-electron chi connectivity index (χ3n) is 3.91. The van der Waals surface area contributed by atoms with Crippen molar-refractivity contribution >= 4 is 0 Å². The number of rotatable bonds is 8. The molecule has 0 saturated heterocycles. The van der Waals surface area contributed by atoms with Crippen LogP contribution in [0.15, 0.2) is 24.3 Å². The lowest BCUT2D eigenvalue weighted by molar-refractivity contribution is 0.180. The van der Waals surface area contributed by atoms with Crippen molar-refractivity contribution in [3.05, 3.63) is 29.8 Å². The molecule has 1 rings (SSSR count). The van der Waals surface area contributed by atoms with E-state index in [4.69, 9.17) is 4.74 Å². The van der Waals surface area contributed by atoms with Crippen molar-refractivity contribution in [3.63, 3.8) is 0 Å². The summed E-state index contributed by atoms with van der Waals surface area (Å²) < 4.78 is 5.94. The first-order valence-electron chi connectivity index (χ1n) is 7.87. The zero-order valence-electron chi connectivity index (χ0n) is 13.9. The number of nitrogens with zero attached hydrogens (tertiary/aromatic N) is 1. The average molecular weight is 288 g/mol. The predicted molar refractivity (Wildman–Crippen MR) is 87.5 cm³/mol. The van der Waals surface area contributed by atoms with Crippen molar-refractivity contribution < 1.29 is 4.74 Å². The number of nitrogens with one attached hydrogen (secondary N) is 1. The lowest BCUT2D eigenvalue weighted by Crippen LogP contribution is -2.44. The van der Waals surface area contributed by atoms with Crippen LogP contribution in [-0.4, -0.2) is 18.2 Å². The minimum Gasteiger partial charge on any atom is -0.491 e. The summed E-state index contributed by atoms with van der Waals surface area (Å²) in [5.74, 6) is 1.44. The Morgan fingerprint density at radius 1 is 1.24 bits per heavy atom. The number of benzene rings is 1. The third-order valence-corrected chi connectivity index (χ3v) is 3.91. The molecule has 3 atom stereocenters. The third kappa shape index (κ3) is 5.40. The molecule has 0 aliphatic carbocycles. The maximum Gasteiger partial charge on any atom is 0.119 e. The molecule has 1 aromatic rings. The van der Waals surface area contributed by atoms with Crippen molar-refractivity contribution in [3.8, 4) is 11.8 Å². The molecule has 21 heavy (non-hydrogen) atoms. The van der Waals surface area contributed by atoms with Crippen molar-refractivity contribution in [2.75, 3.05) is 6.54 Å². The van der Waals surface area contributed by atoms with E-state index >= 15 is 0 Å². The molecule has 116 valence electrons. The van der Waals surface area contributed by atoms with E-state index in [1.165, 1.54) is 5.56 Å². The second-order valence-electron chi connectivity index (χ2n) is 5.99. The second-order valence-corrected chi connectivity index (χ2v) is 5.99. The van der Waals surface area contributed by atoms with Gasteiger partial charge in [-0.25, -0.2) is 0 Å². The van der Waals surface area contributed by atoms with Gasteiger partial charge in [-0.05, 0) is 50.4 Å². The quantitative estimate of drug-likeness (QED) is 0.777. The molecule has 0 aromatic heterocycles. The van der Waals surface area contributed by atoms with Crippen LogP contribution in [0.25, 0.3) is 0 Å². The molecule has 0 amide bonds. The standard InChI is InChI=1S/C18H28N2O/c1-6-14(3)16-8-10-17(11-9-16)21-15(4)12-18(5,13-19)20-7-2/h8-11,14-15,20H,6-7,12H2,1-5H3. The van der Waals surface area contributed by atoms with Gasteiger partial charge in [0.25, 0.3) is 0 Å². The first kappa shape index (κ1) is 17.5. The van der Waals surface area contributed by atoms with Crippen LogP contribution >= 0.6 is 0 Å². The molecule has 1 aromatic carbocycles. The minimum absolute atomic E-state index is 0.0110. The van der Waals surface area contributed by atoms with Gasteiger partial charge in [-0.15, -0.1) is 0 Å². The lowest BCUT2D eigenvalue weighted by atomic mass is 9.96. The van der Waals surface area contributed by atoms with Crippen LogP contribution in [0.1, 0.15) is 58.9 Å². The number of ether oxygens (including phenoxy) is 1. The molecule has 0 heterocycles. The highest BCUT2D eigenvalue weighted by molar-refractivity contribution is 5.29. The molecule has 0 saturated carbocycles. The van der Waals surface area contributed by atoms with Crippen molar-refractivity contribution in [2.45, 2.75) is 65.0 Å². The Morgan fingerprint density at radius 2 is 1.86 bits per heavy atom. The van der Waals surface area contributed by atoms with Crippen LogP contribution < -0.4 is 10.1 Å². The van der Waals surface area contributed by atoms with Crippen LogP contribution in [0.5, 0.6) is 5.75 Å². The maximum atomic E-state index is 9.29. The Labute approximate surface area is 129 Å². The monoisotopic (exact) mass is 288 g/mol. The Balaban J connectivity index is 2.63. The summed E-state index contributed by atoms with van der Waals surface area (Å²) in [6.45, 7) is 11.1. The molecule has 3 heteroatoms. The first-order chi connectivity index (χ1) is 9.94. The fraction of sp³-hybridized carbons (Fsp3) is 0.611. The highest BCUT2D eigenvalue weighted by Gasteiger charge is 2.26. The van der Waals surface area contributed by atoms with E-state index < -0.39 is 5.54 Å². The maximum absolute atomic E-state index is 9.29. The number of nitriles is 1. The molecule has 0 fully saturated rings.